The van der Waals surface area contributed by atoms with Crippen LogP contribution in [0.4, 0.5) is 5.69 Å². The summed E-state index contributed by atoms with van der Waals surface area (Å²) in [5.74, 6) is -1.23. The fourth-order valence-corrected chi connectivity index (χ4v) is 3.80. The molecule has 0 aliphatic carbocycles. The van der Waals surface area contributed by atoms with E-state index >= 15 is 0 Å². The maximum Gasteiger partial charge on any atom is 0.340 e. The van der Waals surface area contributed by atoms with Gasteiger partial charge in [-0.1, -0.05) is 37.1 Å². The van der Waals surface area contributed by atoms with Gasteiger partial charge in [0.2, 0.25) is 0 Å². The number of ether oxygens (including phenoxy) is 1. The standard InChI is InChI=1S/C20H23ClN2O5S/c1-3-6-14(2)22-19(24)13-28-20(25)17-7-4-5-8-18(17)23-29(26,27)16-11-9-15(21)10-12-16/h4-5,7-12,14,23H,3,6,13H2,1-2H3,(H,22,24)/t14-/m1/s1. The molecule has 0 fully saturated rings. The van der Waals surface area contributed by atoms with Crippen LogP contribution in [0.25, 0.3) is 0 Å². The molecule has 7 nitrogen and oxygen atoms in total. The maximum absolute atomic E-state index is 12.6. The molecular formula is C20H23ClN2O5S. The Hall–Kier alpha value is -2.58. The summed E-state index contributed by atoms with van der Waals surface area (Å²) in [5.41, 5.74) is 0.0478. The molecule has 9 heteroatoms. The smallest absolute Gasteiger partial charge is 0.340 e. The Balaban J connectivity index is 2.09. The highest BCUT2D eigenvalue weighted by atomic mass is 35.5. The van der Waals surface area contributed by atoms with E-state index in [0.717, 1.165) is 12.8 Å². The normalized spacial score (nSPS) is 12.1. The Bertz CT molecular complexity index is 961. The van der Waals surface area contributed by atoms with Gasteiger partial charge >= 0.3 is 5.97 Å². The van der Waals surface area contributed by atoms with E-state index in [1.54, 1.807) is 12.1 Å². The van der Waals surface area contributed by atoms with Gasteiger partial charge in [-0.3, -0.25) is 9.52 Å². The molecule has 2 rings (SSSR count). The third-order valence-electron chi connectivity index (χ3n) is 3.98. The van der Waals surface area contributed by atoms with Crippen LogP contribution < -0.4 is 10.0 Å². The lowest BCUT2D eigenvalue weighted by atomic mass is 10.2. The summed E-state index contributed by atoms with van der Waals surface area (Å²) in [6, 6.07) is 11.6. The van der Waals surface area contributed by atoms with Crippen molar-refractivity contribution in [2.75, 3.05) is 11.3 Å². The quantitative estimate of drug-likeness (QED) is 0.582. The lowest BCUT2D eigenvalue weighted by Crippen LogP contribution is -2.35. The number of sulfonamides is 1. The van der Waals surface area contributed by atoms with Gasteiger partial charge in [0.25, 0.3) is 15.9 Å². The predicted octanol–water partition coefficient (Wildman–Crippen LogP) is 3.60. The van der Waals surface area contributed by atoms with Crippen molar-refractivity contribution in [1.29, 1.82) is 0 Å². The van der Waals surface area contributed by atoms with Gasteiger partial charge in [-0.05, 0) is 49.7 Å². The highest BCUT2D eigenvalue weighted by Crippen LogP contribution is 2.22. The second-order valence-electron chi connectivity index (χ2n) is 6.44. The van der Waals surface area contributed by atoms with E-state index < -0.39 is 28.5 Å². The summed E-state index contributed by atoms with van der Waals surface area (Å²) in [4.78, 5) is 24.3. The first-order chi connectivity index (χ1) is 13.7. The summed E-state index contributed by atoms with van der Waals surface area (Å²) < 4.78 is 32.5. The molecule has 156 valence electrons. The van der Waals surface area contributed by atoms with Crippen molar-refractivity contribution in [3.63, 3.8) is 0 Å². The molecule has 0 heterocycles. The van der Waals surface area contributed by atoms with E-state index in [1.807, 2.05) is 13.8 Å². The molecule has 1 atom stereocenters. The number of benzene rings is 2. The van der Waals surface area contributed by atoms with Crippen LogP contribution in [0.1, 0.15) is 37.0 Å². The van der Waals surface area contributed by atoms with Crippen molar-refractivity contribution in [3.8, 4) is 0 Å². The zero-order valence-corrected chi connectivity index (χ0v) is 17.7. The van der Waals surface area contributed by atoms with Crippen LogP contribution in [0.2, 0.25) is 5.02 Å². The van der Waals surface area contributed by atoms with Crippen molar-refractivity contribution < 1.29 is 22.7 Å². The number of amides is 1. The second kappa shape index (κ2) is 10.3. The number of nitrogens with one attached hydrogen (secondary N) is 2. The molecule has 29 heavy (non-hydrogen) atoms. The Morgan fingerprint density at radius 3 is 2.41 bits per heavy atom. The van der Waals surface area contributed by atoms with Crippen LogP contribution in [0.5, 0.6) is 0 Å². The minimum atomic E-state index is -3.94. The molecule has 0 spiro atoms. The summed E-state index contributed by atoms with van der Waals surface area (Å²) in [7, 11) is -3.94. The van der Waals surface area contributed by atoms with E-state index in [1.165, 1.54) is 36.4 Å². The molecule has 0 saturated carbocycles. The number of esters is 1. The number of hydrogen-bond donors (Lipinski definition) is 2. The average molecular weight is 439 g/mol. The first kappa shape index (κ1) is 22.7. The number of carbonyl (C=O) groups excluding carboxylic acids is 2. The van der Waals surface area contributed by atoms with Crippen LogP contribution in [0, 0.1) is 0 Å². The summed E-state index contributed by atoms with van der Waals surface area (Å²) >= 11 is 5.79. The van der Waals surface area contributed by atoms with Crippen LogP contribution in [0.3, 0.4) is 0 Å². The van der Waals surface area contributed by atoms with Gasteiger partial charge in [0.15, 0.2) is 6.61 Å². The lowest BCUT2D eigenvalue weighted by molar-refractivity contribution is -0.124. The number of halogens is 1. The van der Waals surface area contributed by atoms with E-state index in [-0.39, 0.29) is 22.2 Å². The Labute approximate surface area is 175 Å². The predicted molar refractivity (Wildman–Crippen MR) is 111 cm³/mol. The summed E-state index contributed by atoms with van der Waals surface area (Å²) in [6.45, 7) is 3.42. The molecule has 2 N–H and O–H groups in total. The molecule has 0 saturated heterocycles. The van der Waals surface area contributed by atoms with E-state index in [0.29, 0.717) is 5.02 Å². The topological polar surface area (TPSA) is 102 Å². The largest absolute Gasteiger partial charge is 0.452 e. The van der Waals surface area contributed by atoms with Gasteiger partial charge in [0, 0.05) is 11.1 Å². The van der Waals surface area contributed by atoms with Crippen LogP contribution >= 0.6 is 11.6 Å². The number of rotatable bonds is 9. The number of anilines is 1. The molecule has 2 aromatic carbocycles. The summed E-state index contributed by atoms with van der Waals surface area (Å²) in [6.07, 6.45) is 1.73. The van der Waals surface area contributed by atoms with Gasteiger partial charge in [-0.15, -0.1) is 0 Å². The maximum atomic E-state index is 12.6. The molecular weight excluding hydrogens is 416 g/mol. The molecule has 0 radical (unpaired) electrons. The van der Waals surface area contributed by atoms with E-state index in [9.17, 15) is 18.0 Å². The highest BCUT2D eigenvalue weighted by molar-refractivity contribution is 7.92. The average Bonchev–Trinajstić information content (AvgIpc) is 2.66. The molecule has 1 amide bonds. The molecule has 0 bridgehead atoms. The SMILES string of the molecule is CCC[C@@H](C)NC(=O)COC(=O)c1ccccc1NS(=O)(=O)c1ccc(Cl)cc1. The lowest BCUT2D eigenvalue weighted by Gasteiger charge is -2.14. The number of carbonyl (C=O) groups is 2. The Morgan fingerprint density at radius 2 is 1.76 bits per heavy atom. The monoisotopic (exact) mass is 438 g/mol. The first-order valence-electron chi connectivity index (χ1n) is 9.07. The number of hydrogen-bond acceptors (Lipinski definition) is 5. The molecule has 0 unspecified atom stereocenters. The van der Waals surface area contributed by atoms with Gasteiger partial charge in [-0.25, -0.2) is 13.2 Å². The highest BCUT2D eigenvalue weighted by Gasteiger charge is 2.20. The van der Waals surface area contributed by atoms with Crippen molar-refractivity contribution in [2.45, 2.75) is 37.6 Å². The van der Waals surface area contributed by atoms with Crippen LogP contribution in [0.15, 0.2) is 53.4 Å². The third kappa shape index (κ3) is 6.76. The minimum Gasteiger partial charge on any atom is -0.452 e. The van der Waals surface area contributed by atoms with Crippen molar-refractivity contribution >= 4 is 39.2 Å². The Kier molecular flexibility index (Phi) is 8.04. The molecule has 2 aromatic rings. The van der Waals surface area contributed by atoms with Crippen molar-refractivity contribution in [1.82, 2.24) is 5.32 Å². The molecule has 0 aliphatic rings. The molecule has 0 aromatic heterocycles. The summed E-state index contributed by atoms with van der Waals surface area (Å²) in [5, 5.41) is 3.13. The number of para-hydroxylation sites is 1. The van der Waals surface area contributed by atoms with Crippen molar-refractivity contribution in [3.05, 3.63) is 59.1 Å². The fourth-order valence-electron chi connectivity index (χ4n) is 2.60. The van der Waals surface area contributed by atoms with E-state index in [2.05, 4.69) is 10.0 Å². The zero-order chi connectivity index (χ0) is 21.4. The Morgan fingerprint density at radius 1 is 1.10 bits per heavy atom. The second-order valence-corrected chi connectivity index (χ2v) is 8.56. The van der Waals surface area contributed by atoms with Crippen molar-refractivity contribution in [2.24, 2.45) is 0 Å². The van der Waals surface area contributed by atoms with Gasteiger partial charge in [0.05, 0.1) is 16.1 Å². The van der Waals surface area contributed by atoms with E-state index in [4.69, 9.17) is 16.3 Å². The zero-order valence-electron chi connectivity index (χ0n) is 16.1. The van der Waals surface area contributed by atoms with Crippen LogP contribution in [-0.4, -0.2) is 32.9 Å². The fraction of sp³-hybridized carbons (Fsp3) is 0.300. The minimum absolute atomic E-state index is 0.000514. The van der Waals surface area contributed by atoms with Crippen LogP contribution in [-0.2, 0) is 19.6 Å². The molecule has 0 aliphatic heterocycles. The van der Waals surface area contributed by atoms with Gasteiger partial charge in [-0.2, -0.15) is 0 Å². The first-order valence-corrected chi connectivity index (χ1v) is 10.9. The van der Waals surface area contributed by atoms with Gasteiger partial charge in [0.1, 0.15) is 0 Å². The third-order valence-corrected chi connectivity index (χ3v) is 5.61. The van der Waals surface area contributed by atoms with Gasteiger partial charge < -0.3 is 10.1 Å².